The maximum atomic E-state index is 12.2. The lowest BCUT2D eigenvalue weighted by Gasteiger charge is -2.36. The van der Waals surface area contributed by atoms with Gasteiger partial charge in [0.2, 0.25) is 5.91 Å². The normalized spacial score (nSPS) is 16.3. The van der Waals surface area contributed by atoms with Gasteiger partial charge in [-0.15, -0.1) is 0 Å². The minimum atomic E-state index is -0.960. The molecule has 0 bridgehead atoms. The fourth-order valence-corrected chi connectivity index (χ4v) is 2.13. The van der Waals surface area contributed by atoms with E-state index in [0.29, 0.717) is 6.54 Å². The molecule has 0 atom stereocenters. The molecular weight excluding hydrogens is 240 g/mol. The molecule has 1 aromatic rings. The van der Waals surface area contributed by atoms with Gasteiger partial charge in [0.05, 0.1) is 19.3 Å². The second-order valence-corrected chi connectivity index (χ2v) is 5.02. The number of aryl methyl sites for hydroxylation is 1. The SMILES string of the molecule is CCc1ccc(CN(C)C(=O)C2(C#N)COC2)cc1. The van der Waals surface area contributed by atoms with E-state index in [-0.39, 0.29) is 19.1 Å². The molecule has 19 heavy (non-hydrogen) atoms. The van der Waals surface area contributed by atoms with Gasteiger partial charge < -0.3 is 9.64 Å². The van der Waals surface area contributed by atoms with Gasteiger partial charge in [0.1, 0.15) is 0 Å². The zero-order valence-electron chi connectivity index (χ0n) is 11.3. The van der Waals surface area contributed by atoms with Crippen molar-refractivity contribution < 1.29 is 9.53 Å². The standard InChI is InChI=1S/C15H18N2O2/c1-3-12-4-6-13(7-5-12)8-17(2)14(18)15(9-16)10-19-11-15/h4-7H,3,8,10-11H2,1-2H3. The molecule has 1 aromatic carbocycles. The second kappa shape index (κ2) is 5.41. The van der Waals surface area contributed by atoms with Gasteiger partial charge in [0.25, 0.3) is 0 Å². The zero-order chi connectivity index (χ0) is 13.9. The number of amides is 1. The molecule has 0 unspecified atom stereocenters. The van der Waals surface area contributed by atoms with Crippen LogP contribution in [0.3, 0.4) is 0 Å². The van der Waals surface area contributed by atoms with Gasteiger partial charge in [-0.2, -0.15) is 5.26 Å². The zero-order valence-corrected chi connectivity index (χ0v) is 11.3. The van der Waals surface area contributed by atoms with Crippen LogP contribution in [0.5, 0.6) is 0 Å². The van der Waals surface area contributed by atoms with Crippen LogP contribution in [0.2, 0.25) is 0 Å². The van der Waals surface area contributed by atoms with Gasteiger partial charge in [-0.1, -0.05) is 31.2 Å². The summed E-state index contributed by atoms with van der Waals surface area (Å²) < 4.78 is 5.01. The number of nitriles is 1. The highest BCUT2D eigenvalue weighted by molar-refractivity contribution is 5.86. The molecule has 1 aliphatic heterocycles. The van der Waals surface area contributed by atoms with Crippen molar-refractivity contribution in [3.63, 3.8) is 0 Å². The lowest BCUT2D eigenvalue weighted by Crippen LogP contribution is -2.53. The summed E-state index contributed by atoms with van der Waals surface area (Å²) in [5.41, 5.74) is 1.39. The molecule has 1 fully saturated rings. The molecule has 1 aliphatic rings. The van der Waals surface area contributed by atoms with E-state index in [1.807, 2.05) is 12.1 Å². The van der Waals surface area contributed by atoms with E-state index in [9.17, 15) is 4.79 Å². The average molecular weight is 258 g/mol. The number of hydrogen-bond donors (Lipinski definition) is 0. The molecule has 0 radical (unpaired) electrons. The Labute approximate surface area is 113 Å². The summed E-state index contributed by atoms with van der Waals surface area (Å²) in [6.45, 7) is 3.05. The smallest absolute Gasteiger partial charge is 0.247 e. The molecule has 1 amide bonds. The maximum Gasteiger partial charge on any atom is 0.247 e. The first-order valence-corrected chi connectivity index (χ1v) is 6.43. The minimum Gasteiger partial charge on any atom is -0.377 e. The number of hydrogen-bond acceptors (Lipinski definition) is 3. The minimum absolute atomic E-state index is 0.152. The average Bonchev–Trinajstić information content (AvgIpc) is 2.39. The molecule has 0 aliphatic carbocycles. The summed E-state index contributed by atoms with van der Waals surface area (Å²) in [4.78, 5) is 13.8. The first kappa shape index (κ1) is 13.6. The fourth-order valence-electron chi connectivity index (χ4n) is 2.13. The Balaban J connectivity index is 2.02. The van der Waals surface area contributed by atoms with Gasteiger partial charge in [-0.3, -0.25) is 4.79 Å². The van der Waals surface area contributed by atoms with Crippen molar-refractivity contribution in [1.82, 2.24) is 4.90 Å². The van der Waals surface area contributed by atoms with Crippen LogP contribution in [0.1, 0.15) is 18.1 Å². The molecule has 100 valence electrons. The second-order valence-electron chi connectivity index (χ2n) is 5.02. The molecule has 4 heteroatoms. The van der Waals surface area contributed by atoms with Crippen LogP contribution in [-0.4, -0.2) is 31.1 Å². The van der Waals surface area contributed by atoms with Gasteiger partial charge >= 0.3 is 0 Å². The maximum absolute atomic E-state index is 12.2. The predicted octanol–water partition coefficient (Wildman–Crippen LogP) is 1.75. The number of ether oxygens (including phenoxy) is 1. The first-order chi connectivity index (χ1) is 9.11. The van der Waals surface area contributed by atoms with Crippen molar-refractivity contribution in [2.75, 3.05) is 20.3 Å². The third-order valence-electron chi connectivity index (χ3n) is 3.52. The Bertz CT molecular complexity index is 498. The molecule has 1 heterocycles. The summed E-state index contributed by atoms with van der Waals surface area (Å²) in [5.74, 6) is -0.152. The molecule has 2 rings (SSSR count). The third-order valence-corrected chi connectivity index (χ3v) is 3.52. The lowest BCUT2D eigenvalue weighted by molar-refractivity contribution is -0.160. The van der Waals surface area contributed by atoms with Crippen LogP contribution in [0, 0.1) is 16.7 Å². The molecular formula is C15H18N2O2. The van der Waals surface area contributed by atoms with E-state index in [1.54, 1.807) is 11.9 Å². The van der Waals surface area contributed by atoms with Crippen LogP contribution < -0.4 is 0 Å². The van der Waals surface area contributed by atoms with Crippen LogP contribution >= 0.6 is 0 Å². The fraction of sp³-hybridized carbons (Fsp3) is 0.467. The van der Waals surface area contributed by atoms with Crippen molar-refractivity contribution in [1.29, 1.82) is 5.26 Å². The van der Waals surface area contributed by atoms with Gasteiger partial charge in [-0.05, 0) is 17.5 Å². The number of benzene rings is 1. The Morgan fingerprint density at radius 3 is 2.37 bits per heavy atom. The van der Waals surface area contributed by atoms with Crippen LogP contribution in [0.15, 0.2) is 24.3 Å². The highest BCUT2D eigenvalue weighted by Crippen LogP contribution is 2.29. The monoisotopic (exact) mass is 258 g/mol. The molecule has 0 N–H and O–H groups in total. The predicted molar refractivity (Wildman–Crippen MR) is 71.2 cm³/mol. The van der Waals surface area contributed by atoms with E-state index in [4.69, 9.17) is 10.00 Å². The Hall–Kier alpha value is -1.86. The highest BCUT2D eigenvalue weighted by Gasteiger charge is 2.48. The Kier molecular flexibility index (Phi) is 3.87. The molecule has 0 saturated carbocycles. The van der Waals surface area contributed by atoms with E-state index in [0.717, 1.165) is 12.0 Å². The summed E-state index contributed by atoms with van der Waals surface area (Å²) in [6.07, 6.45) is 1.00. The van der Waals surface area contributed by atoms with Crippen molar-refractivity contribution >= 4 is 5.91 Å². The van der Waals surface area contributed by atoms with Crippen molar-refractivity contribution in [3.8, 4) is 6.07 Å². The lowest BCUT2D eigenvalue weighted by atomic mass is 9.86. The topological polar surface area (TPSA) is 53.3 Å². The van der Waals surface area contributed by atoms with Crippen molar-refractivity contribution in [2.45, 2.75) is 19.9 Å². The largest absolute Gasteiger partial charge is 0.377 e. The molecule has 0 aromatic heterocycles. The van der Waals surface area contributed by atoms with Gasteiger partial charge in [0.15, 0.2) is 5.41 Å². The Morgan fingerprint density at radius 1 is 1.37 bits per heavy atom. The van der Waals surface area contributed by atoms with E-state index < -0.39 is 5.41 Å². The summed E-state index contributed by atoms with van der Waals surface area (Å²) in [5, 5.41) is 9.11. The molecule has 1 saturated heterocycles. The number of nitrogens with zero attached hydrogens (tertiary/aromatic N) is 2. The quantitative estimate of drug-likeness (QED) is 0.826. The van der Waals surface area contributed by atoms with Crippen LogP contribution in [0.4, 0.5) is 0 Å². The van der Waals surface area contributed by atoms with E-state index >= 15 is 0 Å². The highest BCUT2D eigenvalue weighted by atomic mass is 16.5. The van der Waals surface area contributed by atoms with E-state index in [1.165, 1.54) is 5.56 Å². The number of rotatable bonds is 4. The summed E-state index contributed by atoms with van der Waals surface area (Å²) in [7, 11) is 1.73. The van der Waals surface area contributed by atoms with Crippen molar-refractivity contribution in [3.05, 3.63) is 35.4 Å². The number of carbonyl (C=O) groups excluding carboxylic acids is 1. The number of carbonyl (C=O) groups is 1. The molecule has 0 spiro atoms. The summed E-state index contributed by atoms with van der Waals surface area (Å²) >= 11 is 0. The van der Waals surface area contributed by atoms with Gasteiger partial charge in [-0.25, -0.2) is 0 Å². The third kappa shape index (κ3) is 2.61. The van der Waals surface area contributed by atoms with Crippen LogP contribution in [-0.2, 0) is 22.5 Å². The van der Waals surface area contributed by atoms with Crippen molar-refractivity contribution in [2.24, 2.45) is 5.41 Å². The Morgan fingerprint density at radius 2 is 1.95 bits per heavy atom. The van der Waals surface area contributed by atoms with Gasteiger partial charge in [0, 0.05) is 13.6 Å². The first-order valence-electron chi connectivity index (χ1n) is 6.43. The van der Waals surface area contributed by atoms with Crippen LogP contribution in [0.25, 0.3) is 0 Å². The van der Waals surface area contributed by atoms with E-state index in [2.05, 4.69) is 25.1 Å². The summed E-state index contributed by atoms with van der Waals surface area (Å²) in [6, 6.07) is 10.3. The molecule has 4 nitrogen and oxygen atoms in total.